The summed E-state index contributed by atoms with van der Waals surface area (Å²) in [5, 5.41) is 11.1. The normalized spacial score (nSPS) is 18.5. The highest BCUT2D eigenvalue weighted by molar-refractivity contribution is 6.07. The molecule has 0 radical (unpaired) electrons. The zero-order valence-electron chi connectivity index (χ0n) is 19.1. The molecule has 2 aromatic rings. The Hall–Kier alpha value is -4.40. The highest BCUT2D eigenvalue weighted by Crippen LogP contribution is 2.47. The van der Waals surface area contributed by atoms with E-state index in [1.54, 1.807) is 12.2 Å². The zero-order valence-corrected chi connectivity index (χ0v) is 19.1. The molecule has 0 amide bonds. The number of nitro groups is 1. The Kier molecular flexibility index (Phi) is 6.42. The summed E-state index contributed by atoms with van der Waals surface area (Å²) >= 11 is 0. The lowest BCUT2D eigenvalue weighted by atomic mass is 9.83. The van der Waals surface area contributed by atoms with Crippen LogP contribution in [0, 0.1) is 15.9 Å². The standard InChI is InChI=1S/C26H22FN3O5/c1-26(2)20-5-3-4-6-22(20)29(13-14-35-25(32)19-11-12-28-16-21(19)27)24(26)10-7-17-15-18(30(33)34)8-9-23(17)31/h3-12,15-16H,13-14H2,1-2H3/b17-7-,24-10+. The highest BCUT2D eigenvalue weighted by Gasteiger charge is 2.39. The molecule has 0 spiro atoms. The van der Waals surface area contributed by atoms with E-state index in [-0.39, 0.29) is 35.8 Å². The Labute approximate surface area is 200 Å². The first-order valence-electron chi connectivity index (χ1n) is 10.8. The minimum atomic E-state index is -0.790. The Morgan fingerprint density at radius 1 is 1.23 bits per heavy atom. The number of benzene rings is 1. The van der Waals surface area contributed by atoms with Crippen molar-refractivity contribution in [2.75, 3.05) is 18.1 Å². The van der Waals surface area contributed by atoms with Crippen LogP contribution in [0.25, 0.3) is 0 Å². The number of ether oxygens (including phenoxy) is 1. The van der Waals surface area contributed by atoms with Gasteiger partial charge in [-0.05, 0) is 35.9 Å². The Morgan fingerprint density at radius 3 is 2.74 bits per heavy atom. The molecule has 0 saturated carbocycles. The second-order valence-electron chi connectivity index (χ2n) is 8.48. The number of hydrogen-bond donors (Lipinski definition) is 0. The number of para-hydroxylation sites is 1. The summed E-state index contributed by atoms with van der Waals surface area (Å²) in [6.45, 7) is 4.30. The topological polar surface area (TPSA) is 103 Å². The lowest BCUT2D eigenvalue weighted by Gasteiger charge is -2.27. The van der Waals surface area contributed by atoms with Gasteiger partial charge in [0.2, 0.25) is 0 Å². The number of carbonyl (C=O) groups is 2. The van der Waals surface area contributed by atoms with Crippen LogP contribution in [0.1, 0.15) is 29.8 Å². The number of fused-ring (bicyclic) bond motifs is 1. The van der Waals surface area contributed by atoms with Crippen molar-refractivity contribution in [2.45, 2.75) is 19.3 Å². The van der Waals surface area contributed by atoms with E-state index in [2.05, 4.69) is 4.98 Å². The van der Waals surface area contributed by atoms with Crippen molar-refractivity contribution in [1.29, 1.82) is 0 Å². The van der Waals surface area contributed by atoms with E-state index in [1.165, 1.54) is 30.5 Å². The molecule has 1 aromatic carbocycles. The fourth-order valence-electron chi connectivity index (χ4n) is 4.18. The second-order valence-corrected chi connectivity index (χ2v) is 8.48. The number of aromatic nitrogens is 1. The monoisotopic (exact) mass is 475 g/mol. The predicted octanol–water partition coefficient (Wildman–Crippen LogP) is 4.29. The third-order valence-corrected chi connectivity index (χ3v) is 5.96. The van der Waals surface area contributed by atoms with Crippen LogP contribution in [-0.4, -0.2) is 34.8 Å². The first kappa shape index (κ1) is 23.7. The number of rotatable bonds is 6. The molecule has 1 aromatic heterocycles. The summed E-state index contributed by atoms with van der Waals surface area (Å²) in [6, 6.07) is 9.01. The third-order valence-electron chi connectivity index (χ3n) is 5.96. The van der Waals surface area contributed by atoms with Gasteiger partial charge in [0.05, 0.1) is 23.2 Å². The highest BCUT2D eigenvalue weighted by atomic mass is 19.1. The Morgan fingerprint density at radius 2 is 2.00 bits per heavy atom. The van der Waals surface area contributed by atoms with Crippen LogP contribution < -0.4 is 4.90 Å². The number of halogens is 1. The van der Waals surface area contributed by atoms with Crippen LogP contribution in [0.4, 0.5) is 10.1 Å². The van der Waals surface area contributed by atoms with Gasteiger partial charge in [0.15, 0.2) is 11.6 Å². The minimum Gasteiger partial charge on any atom is -0.460 e. The maximum Gasteiger partial charge on any atom is 0.341 e. The van der Waals surface area contributed by atoms with E-state index in [0.29, 0.717) is 0 Å². The lowest BCUT2D eigenvalue weighted by Crippen LogP contribution is -2.29. The largest absolute Gasteiger partial charge is 0.460 e. The van der Waals surface area contributed by atoms with Gasteiger partial charge >= 0.3 is 5.97 Å². The van der Waals surface area contributed by atoms with E-state index >= 15 is 0 Å². The summed E-state index contributed by atoms with van der Waals surface area (Å²) in [5.41, 5.74) is 2.12. The third kappa shape index (κ3) is 4.65. The molecule has 1 aliphatic heterocycles. The van der Waals surface area contributed by atoms with Gasteiger partial charge < -0.3 is 9.64 Å². The van der Waals surface area contributed by atoms with Crippen molar-refractivity contribution in [2.24, 2.45) is 0 Å². The first-order chi connectivity index (χ1) is 16.7. The van der Waals surface area contributed by atoms with Gasteiger partial charge in [-0.2, -0.15) is 0 Å². The maximum absolute atomic E-state index is 13.8. The molecule has 1 aliphatic carbocycles. The molecule has 8 nitrogen and oxygen atoms in total. The average molecular weight is 475 g/mol. The number of nitrogens with zero attached hydrogens (tertiary/aromatic N) is 3. The van der Waals surface area contributed by atoms with E-state index in [0.717, 1.165) is 23.1 Å². The van der Waals surface area contributed by atoms with Crippen LogP contribution in [0.5, 0.6) is 0 Å². The number of hydrogen-bond acceptors (Lipinski definition) is 7. The van der Waals surface area contributed by atoms with Crippen molar-refractivity contribution in [3.05, 3.63) is 117 Å². The zero-order chi connectivity index (χ0) is 25.2. The summed E-state index contributed by atoms with van der Waals surface area (Å²) in [5.74, 6) is -1.88. The van der Waals surface area contributed by atoms with Gasteiger partial charge in [0.1, 0.15) is 6.61 Å². The molecule has 35 heavy (non-hydrogen) atoms. The van der Waals surface area contributed by atoms with Gasteiger partial charge in [-0.3, -0.25) is 19.9 Å². The minimum absolute atomic E-state index is 0.0219. The van der Waals surface area contributed by atoms with Crippen LogP contribution in [0.2, 0.25) is 0 Å². The molecular formula is C26H22FN3O5. The van der Waals surface area contributed by atoms with E-state index < -0.39 is 22.1 Å². The maximum atomic E-state index is 13.8. The van der Waals surface area contributed by atoms with Gasteiger partial charge in [0, 0.05) is 40.7 Å². The van der Waals surface area contributed by atoms with Crippen molar-refractivity contribution in [3.8, 4) is 0 Å². The van der Waals surface area contributed by atoms with Crippen molar-refractivity contribution in [1.82, 2.24) is 4.98 Å². The SMILES string of the molecule is CC1(C)/C(=C\C=C2\C=C([N+](=O)[O-])C=CC2=O)N(CCOC(=O)c2ccncc2F)c2ccccc21. The average Bonchev–Trinajstić information content (AvgIpc) is 3.05. The van der Waals surface area contributed by atoms with Crippen LogP contribution in [0.15, 0.2) is 90.1 Å². The van der Waals surface area contributed by atoms with E-state index in [1.807, 2.05) is 43.0 Å². The van der Waals surface area contributed by atoms with Crippen molar-refractivity contribution < 1.29 is 23.6 Å². The number of allylic oxidation sites excluding steroid dienone is 7. The summed E-state index contributed by atoms with van der Waals surface area (Å²) < 4.78 is 19.2. The molecule has 0 fully saturated rings. The number of carbonyl (C=O) groups excluding carboxylic acids is 2. The molecule has 4 rings (SSSR count). The van der Waals surface area contributed by atoms with Crippen LogP contribution >= 0.6 is 0 Å². The number of pyridine rings is 1. The fraction of sp³-hybridized carbons (Fsp3) is 0.192. The second kappa shape index (κ2) is 9.46. The summed E-state index contributed by atoms with van der Waals surface area (Å²) in [4.78, 5) is 40.8. The smallest absolute Gasteiger partial charge is 0.341 e. The summed E-state index contributed by atoms with van der Waals surface area (Å²) in [6.07, 6.45) is 9.16. The number of esters is 1. The van der Waals surface area contributed by atoms with Gasteiger partial charge in [-0.1, -0.05) is 32.0 Å². The van der Waals surface area contributed by atoms with Gasteiger partial charge in [-0.25, -0.2) is 9.18 Å². The van der Waals surface area contributed by atoms with Crippen molar-refractivity contribution >= 4 is 17.4 Å². The molecule has 2 aliphatic rings. The van der Waals surface area contributed by atoms with E-state index in [9.17, 15) is 24.1 Å². The molecular weight excluding hydrogens is 453 g/mol. The molecule has 0 bridgehead atoms. The number of ketones is 1. The van der Waals surface area contributed by atoms with Crippen LogP contribution in [-0.2, 0) is 14.9 Å². The number of anilines is 1. The molecule has 9 heteroatoms. The molecule has 0 unspecified atom stereocenters. The molecule has 178 valence electrons. The molecule has 0 N–H and O–H groups in total. The van der Waals surface area contributed by atoms with E-state index in [4.69, 9.17) is 4.74 Å². The molecule has 2 heterocycles. The molecule has 0 saturated heterocycles. The first-order valence-corrected chi connectivity index (χ1v) is 10.8. The van der Waals surface area contributed by atoms with Gasteiger partial charge in [0.25, 0.3) is 5.70 Å². The summed E-state index contributed by atoms with van der Waals surface area (Å²) in [7, 11) is 0. The van der Waals surface area contributed by atoms with Gasteiger partial charge in [-0.15, -0.1) is 0 Å². The van der Waals surface area contributed by atoms with Crippen molar-refractivity contribution in [3.63, 3.8) is 0 Å². The Bertz CT molecular complexity index is 1340. The fourth-order valence-corrected chi connectivity index (χ4v) is 4.18. The lowest BCUT2D eigenvalue weighted by molar-refractivity contribution is -0.419. The molecule has 0 atom stereocenters. The Balaban J connectivity index is 1.62. The predicted molar refractivity (Wildman–Crippen MR) is 127 cm³/mol. The quantitative estimate of drug-likeness (QED) is 0.266. The van der Waals surface area contributed by atoms with Crippen LogP contribution in [0.3, 0.4) is 0 Å².